The Kier molecular flexibility index (Phi) is 6.17. The van der Waals surface area contributed by atoms with Gasteiger partial charge in [0.15, 0.2) is 0 Å². The molecule has 0 saturated heterocycles. The van der Waals surface area contributed by atoms with E-state index < -0.39 is 23.9 Å². The van der Waals surface area contributed by atoms with Gasteiger partial charge in [-0.15, -0.1) is 0 Å². The molecule has 112 valence electrons. The third kappa shape index (κ3) is 5.00. The maximum atomic E-state index is 12.1. The van der Waals surface area contributed by atoms with Crippen LogP contribution in [0.5, 0.6) is 0 Å². The molecule has 0 aromatic carbocycles. The molecule has 0 fully saturated rings. The molecule has 0 radical (unpaired) electrons. The van der Waals surface area contributed by atoms with Crippen LogP contribution in [-0.2, 0) is 24.0 Å². The quantitative estimate of drug-likeness (QED) is 0.725. The van der Waals surface area contributed by atoms with Crippen LogP contribution in [0.4, 0.5) is 0 Å². The van der Waals surface area contributed by atoms with Crippen molar-refractivity contribution in [3.63, 3.8) is 0 Å². The Morgan fingerprint density at radius 2 is 1.90 bits per heavy atom. The number of rotatable bonds is 2. The molecule has 1 rings (SSSR count). The standard InChI is InChI=1S/C13H20N2O5/c1-9(2)12(14)13(18)15-7-3-4-8-19-10(16)5-6-11(17)20-15/h5-6,9,12H,3-4,7-8,14H2,1-2H3/b6-5+. The van der Waals surface area contributed by atoms with Gasteiger partial charge in [-0.25, -0.2) is 9.59 Å². The summed E-state index contributed by atoms with van der Waals surface area (Å²) in [5.41, 5.74) is 5.77. The Bertz CT molecular complexity index is 406. The van der Waals surface area contributed by atoms with Gasteiger partial charge in [-0.3, -0.25) is 4.79 Å². The van der Waals surface area contributed by atoms with Crippen LogP contribution in [0.15, 0.2) is 12.2 Å². The summed E-state index contributed by atoms with van der Waals surface area (Å²) in [4.78, 5) is 39.7. The van der Waals surface area contributed by atoms with E-state index in [1.165, 1.54) is 0 Å². The molecule has 0 aromatic heterocycles. The van der Waals surface area contributed by atoms with Gasteiger partial charge < -0.3 is 15.3 Å². The zero-order valence-electron chi connectivity index (χ0n) is 11.7. The van der Waals surface area contributed by atoms with Crippen molar-refractivity contribution in [1.29, 1.82) is 0 Å². The first-order valence-electron chi connectivity index (χ1n) is 6.55. The van der Waals surface area contributed by atoms with E-state index in [1.54, 1.807) is 0 Å². The minimum atomic E-state index is -0.812. The van der Waals surface area contributed by atoms with Gasteiger partial charge in [0.1, 0.15) is 0 Å². The Hall–Kier alpha value is -1.89. The van der Waals surface area contributed by atoms with Gasteiger partial charge in [0.05, 0.1) is 19.2 Å². The van der Waals surface area contributed by atoms with E-state index in [2.05, 4.69) is 0 Å². The highest BCUT2D eigenvalue weighted by Gasteiger charge is 2.26. The molecule has 2 N–H and O–H groups in total. The summed E-state index contributed by atoms with van der Waals surface area (Å²) >= 11 is 0. The molecule has 20 heavy (non-hydrogen) atoms. The van der Waals surface area contributed by atoms with Crippen molar-refractivity contribution < 1.29 is 24.0 Å². The van der Waals surface area contributed by atoms with Crippen LogP contribution in [-0.4, -0.2) is 42.1 Å². The van der Waals surface area contributed by atoms with E-state index in [-0.39, 0.29) is 19.1 Å². The van der Waals surface area contributed by atoms with E-state index in [4.69, 9.17) is 15.3 Å². The first kappa shape index (κ1) is 16.2. The number of hydroxylamine groups is 2. The molecule has 1 heterocycles. The lowest BCUT2D eigenvalue weighted by Gasteiger charge is -2.25. The van der Waals surface area contributed by atoms with Crippen molar-refractivity contribution >= 4 is 17.8 Å². The number of carbonyl (C=O) groups excluding carboxylic acids is 3. The number of cyclic esters (lactones) is 1. The Labute approximate surface area is 117 Å². The van der Waals surface area contributed by atoms with Crippen LogP contribution in [0.3, 0.4) is 0 Å². The molecular weight excluding hydrogens is 264 g/mol. The van der Waals surface area contributed by atoms with Crippen molar-refractivity contribution in [2.24, 2.45) is 11.7 Å². The Morgan fingerprint density at radius 3 is 2.55 bits per heavy atom. The lowest BCUT2D eigenvalue weighted by molar-refractivity contribution is -0.195. The van der Waals surface area contributed by atoms with E-state index in [0.717, 1.165) is 17.2 Å². The number of amides is 1. The topological polar surface area (TPSA) is 98.9 Å². The normalized spacial score (nSPS) is 20.7. The monoisotopic (exact) mass is 284 g/mol. The van der Waals surface area contributed by atoms with Gasteiger partial charge in [0.25, 0.3) is 5.91 Å². The lowest BCUT2D eigenvalue weighted by Crippen LogP contribution is -2.47. The maximum Gasteiger partial charge on any atom is 0.356 e. The number of nitrogens with zero attached hydrogens (tertiary/aromatic N) is 1. The van der Waals surface area contributed by atoms with Gasteiger partial charge >= 0.3 is 11.9 Å². The molecule has 1 aliphatic heterocycles. The molecule has 1 atom stereocenters. The number of nitrogens with two attached hydrogens (primary N) is 1. The molecular formula is C13H20N2O5. The molecule has 0 spiro atoms. The van der Waals surface area contributed by atoms with Crippen LogP contribution in [0.2, 0.25) is 0 Å². The highest BCUT2D eigenvalue weighted by atomic mass is 16.7. The second-order valence-corrected chi connectivity index (χ2v) is 4.83. The number of esters is 1. The van der Waals surface area contributed by atoms with Crippen molar-refractivity contribution in [3.8, 4) is 0 Å². The fraction of sp³-hybridized carbons (Fsp3) is 0.615. The molecule has 1 amide bonds. The molecule has 1 unspecified atom stereocenters. The summed E-state index contributed by atoms with van der Waals surface area (Å²) < 4.78 is 4.84. The second-order valence-electron chi connectivity index (χ2n) is 4.83. The molecule has 0 saturated carbocycles. The average molecular weight is 284 g/mol. The molecule has 0 aliphatic carbocycles. The highest BCUT2D eigenvalue weighted by Crippen LogP contribution is 2.07. The maximum absolute atomic E-state index is 12.1. The van der Waals surface area contributed by atoms with Crippen molar-refractivity contribution in [2.45, 2.75) is 32.7 Å². The summed E-state index contributed by atoms with van der Waals surface area (Å²) in [5, 5.41) is 0.965. The predicted octanol–water partition coefficient (Wildman–Crippen LogP) is 0.150. The molecule has 1 aliphatic rings. The van der Waals surface area contributed by atoms with E-state index >= 15 is 0 Å². The number of ether oxygens (including phenoxy) is 1. The van der Waals surface area contributed by atoms with Crippen LogP contribution in [0.25, 0.3) is 0 Å². The zero-order chi connectivity index (χ0) is 15.1. The van der Waals surface area contributed by atoms with E-state index in [1.807, 2.05) is 13.8 Å². The Morgan fingerprint density at radius 1 is 1.25 bits per heavy atom. The van der Waals surface area contributed by atoms with E-state index in [0.29, 0.717) is 12.8 Å². The molecule has 7 heteroatoms. The molecule has 0 bridgehead atoms. The minimum Gasteiger partial charge on any atom is -0.463 e. The van der Waals surface area contributed by atoms with Crippen molar-refractivity contribution in [2.75, 3.05) is 13.2 Å². The second kappa shape index (κ2) is 7.64. The third-order valence-electron chi connectivity index (χ3n) is 2.80. The SMILES string of the molecule is CC(C)C(N)C(=O)N1CCCCOC(=O)/C=C/C(=O)O1. The first-order valence-corrected chi connectivity index (χ1v) is 6.55. The highest BCUT2D eigenvalue weighted by molar-refractivity contribution is 5.92. The van der Waals surface area contributed by atoms with Gasteiger partial charge in [0.2, 0.25) is 0 Å². The largest absolute Gasteiger partial charge is 0.463 e. The third-order valence-corrected chi connectivity index (χ3v) is 2.80. The van der Waals surface area contributed by atoms with Crippen molar-refractivity contribution in [1.82, 2.24) is 5.06 Å². The number of hydrogen-bond donors (Lipinski definition) is 1. The van der Waals surface area contributed by atoms with Gasteiger partial charge in [-0.2, -0.15) is 5.06 Å². The predicted molar refractivity (Wildman–Crippen MR) is 70.0 cm³/mol. The van der Waals surface area contributed by atoms with Crippen LogP contribution >= 0.6 is 0 Å². The summed E-state index contributed by atoms with van der Waals surface area (Å²) in [7, 11) is 0. The summed E-state index contributed by atoms with van der Waals surface area (Å²) in [5.74, 6) is -1.94. The summed E-state index contributed by atoms with van der Waals surface area (Å²) in [6.45, 7) is 4.07. The van der Waals surface area contributed by atoms with E-state index in [9.17, 15) is 14.4 Å². The van der Waals surface area contributed by atoms with Crippen LogP contribution in [0, 0.1) is 5.92 Å². The first-order chi connectivity index (χ1) is 9.41. The smallest absolute Gasteiger partial charge is 0.356 e. The minimum absolute atomic E-state index is 0.0696. The van der Waals surface area contributed by atoms with Gasteiger partial charge in [0, 0.05) is 12.2 Å². The summed E-state index contributed by atoms with van der Waals surface area (Å²) in [6, 6.07) is -0.741. The van der Waals surface area contributed by atoms with Gasteiger partial charge in [-0.1, -0.05) is 13.8 Å². The lowest BCUT2D eigenvalue weighted by atomic mass is 10.0. The average Bonchev–Trinajstić information content (AvgIpc) is 2.44. The summed E-state index contributed by atoms with van der Waals surface area (Å²) in [6.07, 6.45) is 3.00. The Balaban J connectivity index is 2.77. The molecule has 7 nitrogen and oxygen atoms in total. The zero-order valence-corrected chi connectivity index (χ0v) is 11.7. The number of hydrogen-bond acceptors (Lipinski definition) is 6. The van der Waals surface area contributed by atoms with Crippen LogP contribution in [0.1, 0.15) is 26.7 Å². The number of carbonyl (C=O) groups is 3. The molecule has 0 aromatic rings. The van der Waals surface area contributed by atoms with Crippen molar-refractivity contribution in [3.05, 3.63) is 12.2 Å². The van der Waals surface area contributed by atoms with Gasteiger partial charge in [-0.05, 0) is 18.8 Å². The van der Waals surface area contributed by atoms with Crippen LogP contribution < -0.4 is 5.73 Å². The fourth-order valence-corrected chi connectivity index (χ4v) is 1.51. The fourth-order valence-electron chi connectivity index (χ4n) is 1.51.